The summed E-state index contributed by atoms with van der Waals surface area (Å²) in [6.45, 7) is 2.25. The van der Waals surface area contributed by atoms with Crippen LogP contribution in [0.25, 0.3) is 0 Å². The van der Waals surface area contributed by atoms with Gasteiger partial charge in [-0.15, -0.1) is 11.8 Å². The van der Waals surface area contributed by atoms with Crippen LogP contribution >= 0.6 is 11.8 Å². The minimum atomic E-state index is 0.687. The van der Waals surface area contributed by atoms with Crippen molar-refractivity contribution >= 4 is 11.8 Å². The van der Waals surface area contributed by atoms with Crippen molar-refractivity contribution in [3.8, 4) is 0 Å². The van der Waals surface area contributed by atoms with Crippen molar-refractivity contribution in [2.75, 3.05) is 5.75 Å². The first-order valence-electron chi connectivity index (χ1n) is 5.48. The molecular formula is C14H14S. The molecule has 1 aromatic carbocycles. The third-order valence-corrected chi connectivity index (χ3v) is 4.68. The first kappa shape index (κ1) is 9.53. The van der Waals surface area contributed by atoms with Gasteiger partial charge in [-0.25, -0.2) is 0 Å². The van der Waals surface area contributed by atoms with Crippen molar-refractivity contribution in [1.29, 1.82) is 0 Å². The van der Waals surface area contributed by atoms with Gasteiger partial charge in [-0.05, 0) is 36.8 Å². The van der Waals surface area contributed by atoms with E-state index in [1.54, 1.807) is 5.56 Å². The van der Waals surface area contributed by atoms with Gasteiger partial charge in [0.15, 0.2) is 0 Å². The Balaban J connectivity index is 2.04. The summed E-state index contributed by atoms with van der Waals surface area (Å²) in [7, 11) is 0. The van der Waals surface area contributed by atoms with E-state index in [-0.39, 0.29) is 0 Å². The van der Waals surface area contributed by atoms with Crippen molar-refractivity contribution in [2.24, 2.45) is 5.92 Å². The van der Waals surface area contributed by atoms with Crippen LogP contribution in [0.5, 0.6) is 0 Å². The van der Waals surface area contributed by atoms with E-state index in [2.05, 4.69) is 43.7 Å². The van der Waals surface area contributed by atoms with Gasteiger partial charge < -0.3 is 0 Å². The van der Waals surface area contributed by atoms with Gasteiger partial charge in [0.2, 0.25) is 0 Å². The van der Waals surface area contributed by atoms with E-state index < -0.39 is 0 Å². The highest BCUT2D eigenvalue weighted by Crippen LogP contribution is 2.47. The second-order valence-corrected chi connectivity index (χ2v) is 5.42. The average Bonchev–Trinajstić information content (AvgIpc) is 2.29. The summed E-state index contributed by atoms with van der Waals surface area (Å²) < 4.78 is 0. The lowest BCUT2D eigenvalue weighted by Gasteiger charge is -2.36. The molecule has 76 valence electrons. The zero-order valence-corrected chi connectivity index (χ0v) is 9.68. The van der Waals surface area contributed by atoms with Crippen LogP contribution in [0.15, 0.2) is 40.8 Å². The molecule has 1 heterocycles. The van der Waals surface area contributed by atoms with Gasteiger partial charge in [0.25, 0.3) is 0 Å². The number of benzene rings is 1. The van der Waals surface area contributed by atoms with Crippen LogP contribution in [-0.2, 0) is 0 Å². The summed E-state index contributed by atoms with van der Waals surface area (Å²) >= 11 is 2.01. The fourth-order valence-corrected chi connectivity index (χ4v) is 4.00. The minimum absolute atomic E-state index is 0.687. The smallest absolute Gasteiger partial charge is 0.0107 e. The van der Waals surface area contributed by atoms with Gasteiger partial charge in [-0.1, -0.05) is 29.8 Å². The Bertz CT molecular complexity index is 406. The second kappa shape index (κ2) is 3.71. The van der Waals surface area contributed by atoms with Crippen molar-refractivity contribution in [1.82, 2.24) is 0 Å². The first-order chi connectivity index (χ1) is 7.36. The summed E-state index contributed by atoms with van der Waals surface area (Å²) in [5.74, 6) is 2.67. The number of allylic oxidation sites excluding steroid dienone is 2. The molecule has 1 aliphatic carbocycles. The van der Waals surface area contributed by atoms with Gasteiger partial charge in [0.1, 0.15) is 0 Å². The quantitative estimate of drug-likeness (QED) is 0.630. The Kier molecular flexibility index (Phi) is 2.36. The lowest BCUT2D eigenvalue weighted by molar-refractivity contribution is 0.494. The maximum atomic E-state index is 3.40. The molecule has 0 N–H and O–H groups in total. The molecule has 2 aliphatic rings. The summed E-state index contributed by atoms with van der Waals surface area (Å²) in [5, 5.41) is 0. The molecule has 0 aromatic heterocycles. The van der Waals surface area contributed by atoms with E-state index in [4.69, 9.17) is 0 Å². The van der Waals surface area contributed by atoms with Crippen molar-refractivity contribution in [3.05, 3.63) is 47.9 Å². The van der Waals surface area contributed by atoms with Gasteiger partial charge in [0.05, 0.1) is 0 Å². The molecule has 2 atom stereocenters. The number of thioether (sulfide) groups is 1. The predicted molar refractivity (Wildman–Crippen MR) is 65.0 cm³/mol. The highest BCUT2D eigenvalue weighted by Gasteiger charge is 2.32. The van der Waals surface area contributed by atoms with Crippen LogP contribution in [0.2, 0.25) is 0 Å². The molecule has 3 rings (SSSR count). The summed E-state index contributed by atoms with van der Waals surface area (Å²) in [5.41, 5.74) is 3.05. The van der Waals surface area contributed by atoms with Gasteiger partial charge in [-0.3, -0.25) is 0 Å². The van der Waals surface area contributed by atoms with E-state index in [1.807, 2.05) is 11.8 Å². The standard InChI is InChI=1S/C14H14S/c1-10-5-4-7-11-12-6-2-3-8-14(12)15-9-13(10)11/h2-3,5-6,8,11,13H,7,9H2,1H3. The highest BCUT2D eigenvalue weighted by molar-refractivity contribution is 7.99. The Morgan fingerprint density at radius 2 is 2.13 bits per heavy atom. The number of fused-ring (bicyclic) bond motifs is 3. The van der Waals surface area contributed by atoms with Crippen LogP contribution in [0.4, 0.5) is 0 Å². The first-order valence-corrected chi connectivity index (χ1v) is 6.46. The molecule has 15 heavy (non-hydrogen) atoms. The average molecular weight is 214 g/mol. The van der Waals surface area contributed by atoms with E-state index in [1.165, 1.54) is 16.2 Å². The minimum Gasteiger partial charge on any atom is -0.125 e. The normalized spacial score (nSPS) is 29.0. The molecular weight excluding hydrogens is 200 g/mol. The van der Waals surface area contributed by atoms with E-state index in [0.29, 0.717) is 5.92 Å². The molecule has 1 heteroatoms. The molecule has 0 nitrogen and oxygen atoms in total. The van der Waals surface area contributed by atoms with E-state index >= 15 is 0 Å². The van der Waals surface area contributed by atoms with Crippen LogP contribution in [0, 0.1) is 12.3 Å². The molecule has 0 saturated heterocycles. The number of hydrogen-bond donors (Lipinski definition) is 0. The molecule has 1 aromatic rings. The van der Waals surface area contributed by atoms with Crippen LogP contribution in [-0.4, -0.2) is 5.75 Å². The SMILES string of the molecule is CC1=C[C]CC2c3ccccc3SCC12. The maximum Gasteiger partial charge on any atom is 0.0107 e. The van der Waals surface area contributed by atoms with Gasteiger partial charge in [-0.2, -0.15) is 0 Å². The number of hydrogen-bond acceptors (Lipinski definition) is 1. The molecule has 0 bridgehead atoms. The zero-order valence-electron chi connectivity index (χ0n) is 8.86. The Morgan fingerprint density at radius 3 is 3.07 bits per heavy atom. The molecule has 0 spiro atoms. The largest absolute Gasteiger partial charge is 0.125 e. The van der Waals surface area contributed by atoms with E-state index in [0.717, 1.165) is 12.3 Å². The fraction of sp³-hybridized carbons (Fsp3) is 0.357. The summed E-state index contributed by atoms with van der Waals surface area (Å²) in [6, 6.07) is 8.85. The second-order valence-electron chi connectivity index (χ2n) is 4.36. The van der Waals surface area contributed by atoms with Gasteiger partial charge >= 0.3 is 0 Å². The third-order valence-electron chi connectivity index (χ3n) is 3.47. The van der Waals surface area contributed by atoms with Crippen molar-refractivity contribution in [3.63, 3.8) is 0 Å². The lowest BCUT2D eigenvalue weighted by atomic mass is 9.76. The molecule has 2 unspecified atom stereocenters. The maximum absolute atomic E-state index is 3.40. The Hall–Kier alpha value is -0.690. The number of rotatable bonds is 0. The molecule has 2 radical (unpaired) electrons. The Morgan fingerprint density at radius 1 is 1.27 bits per heavy atom. The topological polar surface area (TPSA) is 0 Å². The summed E-state index contributed by atoms with van der Waals surface area (Å²) in [6.07, 6.45) is 6.69. The highest BCUT2D eigenvalue weighted by atomic mass is 32.2. The molecule has 0 saturated carbocycles. The van der Waals surface area contributed by atoms with E-state index in [9.17, 15) is 0 Å². The predicted octanol–water partition coefficient (Wildman–Crippen LogP) is 3.92. The van der Waals surface area contributed by atoms with Crippen molar-refractivity contribution in [2.45, 2.75) is 24.2 Å². The van der Waals surface area contributed by atoms with Crippen LogP contribution in [0.1, 0.15) is 24.8 Å². The lowest BCUT2D eigenvalue weighted by Crippen LogP contribution is -2.24. The Labute approximate surface area is 95.8 Å². The molecule has 0 amide bonds. The van der Waals surface area contributed by atoms with Gasteiger partial charge in [0, 0.05) is 17.1 Å². The summed E-state index contributed by atoms with van der Waals surface area (Å²) in [4.78, 5) is 1.48. The van der Waals surface area contributed by atoms with Crippen LogP contribution in [0.3, 0.4) is 0 Å². The monoisotopic (exact) mass is 214 g/mol. The molecule has 1 aliphatic heterocycles. The van der Waals surface area contributed by atoms with Crippen LogP contribution < -0.4 is 0 Å². The molecule has 0 fully saturated rings. The zero-order chi connectivity index (χ0) is 10.3. The van der Waals surface area contributed by atoms with Crippen molar-refractivity contribution < 1.29 is 0 Å². The third kappa shape index (κ3) is 1.53. The fourth-order valence-electron chi connectivity index (χ4n) is 2.59.